The van der Waals surface area contributed by atoms with Gasteiger partial charge in [0.2, 0.25) is 0 Å². The van der Waals surface area contributed by atoms with E-state index >= 15 is 0 Å². The lowest BCUT2D eigenvalue weighted by atomic mass is 10.1. The molecule has 0 spiro atoms. The fraction of sp³-hybridized carbons (Fsp3) is 0.333. The van der Waals surface area contributed by atoms with Gasteiger partial charge in [0.25, 0.3) is 0 Å². The molecule has 0 fully saturated rings. The number of likely N-dealkylation sites (N-methyl/N-ethyl adjacent to an activating group) is 1. The first-order valence-corrected chi connectivity index (χ1v) is 3.80. The highest BCUT2D eigenvalue weighted by atomic mass is 16.3. The number of rotatable bonds is 3. The van der Waals surface area contributed by atoms with Crippen LogP contribution in [-0.4, -0.2) is 28.6 Å². The molecule has 0 bridgehead atoms. The summed E-state index contributed by atoms with van der Waals surface area (Å²) in [4.78, 5) is 5.57. The van der Waals surface area contributed by atoms with E-state index in [1.54, 1.807) is 29.4 Å². The van der Waals surface area contributed by atoms with Crippen molar-refractivity contribution in [3.05, 3.63) is 37.1 Å². The van der Waals surface area contributed by atoms with Crippen molar-refractivity contribution < 1.29 is 5.11 Å². The molecule has 1 atom stereocenters. The Morgan fingerprint density at radius 2 is 2.17 bits per heavy atom. The molecule has 1 unspecified atom stereocenters. The average molecular weight is 165 g/mol. The van der Waals surface area contributed by atoms with Crippen LogP contribution in [0.1, 0.15) is 11.7 Å². The van der Waals surface area contributed by atoms with Gasteiger partial charge >= 0.3 is 0 Å². The molecule has 1 aromatic rings. The molecule has 12 heavy (non-hydrogen) atoms. The van der Waals surface area contributed by atoms with Gasteiger partial charge in [-0.3, -0.25) is 4.98 Å². The topological polar surface area (TPSA) is 36.4 Å². The van der Waals surface area contributed by atoms with Crippen molar-refractivity contribution >= 4 is 0 Å². The third kappa shape index (κ3) is 2.60. The Labute approximate surface area is 72.7 Å². The Kier molecular flexibility index (Phi) is 3.19. The van der Waals surface area contributed by atoms with Crippen molar-refractivity contribution in [2.75, 3.05) is 13.6 Å². The Balaban J connectivity index is 2.59. The van der Waals surface area contributed by atoms with Crippen molar-refractivity contribution in [2.24, 2.45) is 0 Å². The highest BCUT2D eigenvalue weighted by molar-refractivity contribution is 5.13. The molecule has 0 saturated carbocycles. The van der Waals surface area contributed by atoms with E-state index in [0.717, 1.165) is 5.56 Å². The zero-order valence-corrected chi connectivity index (χ0v) is 7.14. The summed E-state index contributed by atoms with van der Waals surface area (Å²) in [5.74, 6) is 0. The lowest BCUT2D eigenvalue weighted by molar-refractivity contribution is 0.144. The molecule has 0 saturated heterocycles. The van der Waals surface area contributed by atoms with Crippen molar-refractivity contribution in [3.8, 4) is 0 Å². The number of hydrogen-bond donors (Lipinski definition) is 1. The van der Waals surface area contributed by atoms with Gasteiger partial charge in [0, 0.05) is 26.0 Å². The van der Waals surface area contributed by atoms with E-state index in [9.17, 15) is 5.11 Å². The van der Waals surface area contributed by atoms with E-state index in [4.69, 9.17) is 0 Å². The molecule has 3 heteroatoms. The number of aliphatic hydroxyl groups is 1. The minimum Gasteiger partial charge on any atom is -0.387 e. The SMILES string of the molecule is [CH2]N(C)CC(O)c1ccncc1. The van der Waals surface area contributed by atoms with Crippen molar-refractivity contribution in [1.29, 1.82) is 0 Å². The molecular weight excluding hydrogens is 152 g/mol. The Hall–Kier alpha value is -0.930. The van der Waals surface area contributed by atoms with Gasteiger partial charge in [-0.25, -0.2) is 0 Å². The summed E-state index contributed by atoms with van der Waals surface area (Å²) in [7, 11) is 5.49. The van der Waals surface area contributed by atoms with Gasteiger partial charge in [-0.05, 0) is 24.7 Å². The molecule has 1 aromatic heterocycles. The standard InChI is InChI=1S/C9H13N2O/c1-11(2)7-9(12)8-3-5-10-6-4-8/h3-6,9,12H,1,7H2,2H3. The second kappa shape index (κ2) is 4.18. The van der Waals surface area contributed by atoms with E-state index in [2.05, 4.69) is 12.0 Å². The summed E-state index contributed by atoms with van der Waals surface area (Å²) in [6.07, 6.45) is 2.86. The number of aromatic nitrogens is 1. The average Bonchev–Trinajstić information content (AvgIpc) is 2.05. The molecule has 0 aliphatic rings. The largest absolute Gasteiger partial charge is 0.387 e. The van der Waals surface area contributed by atoms with Gasteiger partial charge in [0.05, 0.1) is 6.10 Å². The second-order valence-corrected chi connectivity index (χ2v) is 2.83. The van der Waals surface area contributed by atoms with Gasteiger partial charge in [-0.15, -0.1) is 0 Å². The van der Waals surface area contributed by atoms with Crippen LogP contribution in [0.2, 0.25) is 0 Å². The maximum atomic E-state index is 9.58. The van der Waals surface area contributed by atoms with Crippen molar-refractivity contribution in [2.45, 2.75) is 6.10 Å². The van der Waals surface area contributed by atoms with Crippen LogP contribution in [0.3, 0.4) is 0 Å². The normalized spacial score (nSPS) is 13.3. The molecule has 1 radical (unpaired) electrons. The molecule has 65 valence electrons. The second-order valence-electron chi connectivity index (χ2n) is 2.83. The quantitative estimate of drug-likeness (QED) is 0.721. The first-order valence-electron chi connectivity index (χ1n) is 3.80. The first kappa shape index (κ1) is 9.16. The fourth-order valence-electron chi connectivity index (χ4n) is 0.986. The highest BCUT2D eigenvalue weighted by Gasteiger charge is 2.06. The zero-order valence-electron chi connectivity index (χ0n) is 7.14. The lowest BCUT2D eigenvalue weighted by Crippen LogP contribution is -2.18. The highest BCUT2D eigenvalue weighted by Crippen LogP contribution is 2.11. The van der Waals surface area contributed by atoms with Crippen molar-refractivity contribution in [3.63, 3.8) is 0 Å². The van der Waals surface area contributed by atoms with Crippen molar-refractivity contribution in [1.82, 2.24) is 9.88 Å². The van der Waals surface area contributed by atoms with Gasteiger partial charge in [-0.2, -0.15) is 0 Å². The molecule has 1 heterocycles. The molecule has 0 aromatic carbocycles. The van der Waals surface area contributed by atoms with Crippen LogP contribution in [0, 0.1) is 7.05 Å². The van der Waals surface area contributed by atoms with E-state index < -0.39 is 6.10 Å². The Bertz CT molecular complexity index is 223. The summed E-state index contributed by atoms with van der Waals surface area (Å²) in [6, 6.07) is 3.60. The van der Waals surface area contributed by atoms with Crippen LogP contribution in [-0.2, 0) is 0 Å². The molecule has 1 N–H and O–H groups in total. The number of pyridine rings is 1. The fourth-order valence-corrected chi connectivity index (χ4v) is 0.986. The minimum absolute atomic E-state index is 0.476. The molecular formula is C9H13N2O. The summed E-state index contributed by atoms with van der Waals surface area (Å²) < 4.78 is 0. The third-order valence-corrected chi connectivity index (χ3v) is 1.58. The summed E-state index contributed by atoms with van der Waals surface area (Å²) in [6.45, 7) is 0.532. The third-order valence-electron chi connectivity index (χ3n) is 1.58. The van der Waals surface area contributed by atoms with E-state index in [1.807, 2.05) is 7.05 Å². The predicted molar refractivity (Wildman–Crippen MR) is 47.2 cm³/mol. The number of hydrogen-bond acceptors (Lipinski definition) is 3. The van der Waals surface area contributed by atoms with Crippen LogP contribution >= 0.6 is 0 Å². The zero-order chi connectivity index (χ0) is 8.97. The summed E-state index contributed by atoms with van der Waals surface area (Å²) >= 11 is 0. The maximum absolute atomic E-state index is 9.58. The smallest absolute Gasteiger partial charge is 0.0917 e. The van der Waals surface area contributed by atoms with Crippen LogP contribution in [0.4, 0.5) is 0 Å². The number of nitrogens with zero attached hydrogens (tertiary/aromatic N) is 2. The molecule has 0 aliphatic carbocycles. The van der Waals surface area contributed by atoms with Gasteiger partial charge in [-0.1, -0.05) is 0 Å². The molecule has 1 rings (SSSR count). The molecule has 0 aliphatic heterocycles. The van der Waals surface area contributed by atoms with Gasteiger partial charge in [0.1, 0.15) is 0 Å². The maximum Gasteiger partial charge on any atom is 0.0917 e. The lowest BCUT2D eigenvalue weighted by Gasteiger charge is -2.15. The Morgan fingerprint density at radius 1 is 1.58 bits per heavy atom. The summed E-state index contributed by atoms with van der Waals surface area (Å²) in [5.41, 5.74) is 0.875. The molecule has 3 nitrogen and oxygen atoms in total. The Morgan fingerprint density at radius 3 is 2.67 bits per heavy atom. The van der Waals surface area contributed by atoms with Gasteiger partial charge in [0.15, 0.2) is 0 Å². The van der Waals surface area contributed by atoms with Crippen LogP contribution < -0.4 is 0 Å². The van der Waals surface area contributed by atoms with Crippen LogP contribution in [0.25, 0.3) is 0 Å². The minimum atomic E-state index is -0.476. The monoisotopic (exact) mass is 165 g/mol. The van der Waals surface area contributed by atoms with Crippen LogP contribution in [0.5, 0.6) is 0 Å². The van der Waals surface area contributed by atoms with E-state index in [0.29, 0.717) is 6.54 Å². The van der Waals surface area contributed by atoms with Crippen LogP contribution in [0.15, 0.2) is 24.5 Å². The molecule has 0 amide bonds. The van der Waals surface area contributed by atoms with E-state index in [-0.39, 0.29) is 0 Å². The van der Waals surface area contributed by atoms with Gasteiger partial charge < -0.3 is 10.0 Å². The summed E-state index contributed by atoms with van der Waals surface area (Å²) in [5, 5.41) is 9.58. The first-order chi connectivity index (χ1) is 5.70. The van der Waals surface area contributed by atoms with E-state index in [1.165, 1.54) is 0 Å². The number of aliphatic hydroxyl groups excluding tert-OH is 1. The predicted octanol–water partition coefficient (Wildman–Crippen LogP) is 0.838.